The number of amides is 2. The molecule has 0 aliphatic carbocycles. The molecule has 1 aliphatic rings. The van der Waals surface area contributed by atoms with Crippen molar-refractivity contribution in [3.63, 3.8) is 0 Å². The normalized spacial score (nSPS) is 12.9. The van der Waals surface area contributed by atoms with Crippen LogP contribution in [0.5, 0.6) is 0 Å². The van der Waals surface area contributed by atoms with Crippen LogP contribution in [0.4, 0.5) is 0 Å². The molecule has 1 aromatic carbocycles. The second-order valence-electron chi connectivity index (χ2n) is 8.29. The van der Waals surface area contributed by atoms with Crippen molar-refractivity contribution in [2.45, 2.75) is 53.5 Å². The first kappa shape index (κ1) is 25.8. The Morgan fingerprint density at radius 3 is 2.27 bits per heavy atom. The smallest absolute Gasteiger partial charge is 0.223 e. The molecule has 0 atom stereocenters. The van der Waals surface area contributed by atoms with E-state index in [4.69, 9.17) is 0 Å². The predicted octanol–water partition coefficient (Wildman–Crippen LogP) is 3.98. The molecule has 3 rings (SSSR count). The lowest BCUT2D eigenvalue weighted by Gasteiger charge is -2.22. The predicted molar refractivity (Wildman–Crippen MR) is 125 cm³/mol. The summed E-state index contributed by atoms with van der Waals surface area (Å²) in [6.45, 7) is 10.9. The van der Waals surface area contributed by atoms with Gasteiger partial charge in [0.15, 0.2) is 0 Å². The molecule has 3 N–H and O–H groups in total. The van der Waals surface area contributed by atoms with Gasteiger partial charge in [0.05, 0.1) is 16.1 Å². The van der Waals surface area contributed by atoms with Crippen LogP contribution in [-0.2, 0) is 16.1 Å². The molecule has 30 heavy (non-hydrogen) atoms. The third kappa shape index (κ3) is 9.05. The van der Waals surface area contributed by atoms with Crippen LogP contribution in [0.1, 0.15) is 51.3 Å². The van der Waals surface area contributed by atoms with Crippen LogP contribution in [-0.4, -0.2) is 42.3 Å². The van der Waals surface area contributed by atoms with Crippen LogP contribution in [0, 0.1) is 12.3 Å². The second kappa shape index (κ2) is 13.1. The van der Waals surface area contributed by atoms with Crippen LogP contribution >= 0.6 is 11.3 Å². The molecule has 1 fully saturated rings. The van der Waals surface area contributed by atoms with Crippen molar-refractivity contribution in [1.82, 2.24) is 15.2 Å². The highest BCUT2D eigenvalue weighted by Crippen LogP contribution is 2.27. The van der Waals surface area contributed by atoms with Crippen molar-refractivity contribution >= 4 is 23.7 Å². The van der Waals surface area contributed by atoms with Crippen molar-refractivity contribution in [1.29, 1.82) is 0 Å². The van der Waals surface area contributed by atoms with E-state index in [2.05, 4.69) is 48.9 Å². The van der Waals surface area contributed by atoms with Gasteiger partial charge in [-0.3, -0.25) is 9.59 Å². The van der Waals surface area contributed by atoms with E-state index < -0.39 is 0 Å². The maximum Gasteiger partial charge on any atom is 0.223 e. The standard InChI is InChI=1S/C12H12N2OS.C10H19NO.CH5N/c1-9-12(16-8-14-9)11-4-2-10(3-5-11)6-13-7-15;1-10(2,3)8-9(12)11-6-4-5-7-11;1-2/h2-5,7-8H,6H2,1H3,(H,13,15);4-8H2,1-3H3;2H2,1H3. The monoisotopic (exact) mass is 432 g/mol. The highest BCUT2D eigenvalue weighted by atomic mass is 32.1. The number of nitrogens with zero attached hydrogens (tertiary/aromatic N) is 2. The first-order chi connectivity index (χ1) is 14.3. The molecule has 1 saturated heterocycles. The topological polar surface area (TPSA) is 88.3 Å². The Kier molecular flexibility index (Phi) is 11.3. The number of aryl methyl sites for hydroxylation is 1. The third-order valence-electron chi connectivity index (χ3n) is 4.49. The van der Waals surface area contributed by atoms with E-state index in [0.29, 0.717) is 25.3 Å². The molecule has 0 saturated carbocycles. The lowest BCUT2D eigenvalue weighted by molar-refractivity contribution is -0.132. The van der Waals surface area contributed by atoms with E-state index in [1.165, 1.54) is 30.3 Å². The minimum atomic E-state index is 0.139. The Labute approximate surface area is 184 Å². The van der Waals surface area contributed by atoms with E-state index in [9.17, 15) is 9.59 Å². The first-order valence-corrected chi connectivity index (χ1v) is 11.2. The maximum absolute atomic E-state index is 11.6. The van der Waals surface area contributed by atoms with E-state index >= 15 is 0 Å². The summed E-state index contributed by atoms with van der Waals surface area (Å²) in [6, 6.07) is 8.15. The number of nitrogens with two attached hydrogens (primary N) is 1. The van der Waals surface area contributed by atoms with Crippen LogP contribution < -0.4 is 11.1 Å². The fourth-order valence-electron chi connectivity index (χ4n) is 3.04. The number of thiazole rings is 1. The molecule has 0 unspecified atom stereocenters. The molecular formula is C23H36N4O2S. The van der Waals surface area contributed by atoms with Crippen LogP contribution in [0.2, 0.25) is 0 Å². The quantitative estimate of drug-likeness (QED) is 0.700. The molecule has 0 bridgehead atoms. The van der Waals surface area contributed by atoms with Gasteiger partial charge < -0.3 is 16.0 Å². The number of hydrogen-bond donors (Lipinski definition) is 2. The van der Waals surface area contributed by atoms with Crippen molar-refractivity contribution in [2.75, 3.05) is 20.1 Å². The fourth-order valence-corrected chi connectivity index (χ4v) is 3.86. The van der Waals surface area contributed by atoms with Crippen molar-refractivity contribution in [2.24, 2.45) is 11.1 Å². The van der Waals surface area contributed by atoms with E-state index in [1.807, 2.05) is 29.5 Å². The number of benzene rings is 1. The summed E-state index contributed by atoms with van der Waals surface area (Å²) in [6.07, 6.45) is 3.78. The highest BCUT2D eigenvalue weighted by molar-refractivity contribution is 7.13. The van der Waals surface area contributed by atoms with E-state index in [0.717, 1.165) is 24.3 Å². The second-order valence-corrected chi connectivity index (χ2v) is 9.14. The summed E-state index contributed by atoms with van der Waals surface area (Å²) in [5.74, 6) is 0.333. The van der Waals surface area contributed by atoms with Crippen LogP contribution in [0.15, 0.2) is 29.8 Å². The summed E-state index contributed by atoms with van der Waals surface area (Å²) in [5, 5.41) is 2.64. The van der Waals surface area contributed by atoms with Gasteiger partial charge in [-0.25, -0.2) is 4.98 Å². The third-order valence-corrected chi connectivity index (χ3v) is 5.47. The zero-order valence-corrected chi connectivity index (χ0v) is 19.7. The van der Waals surface area contributed by atoms with Gasteiger partial charge in [0.1, 0.15) is 0 Å². The molecule has 2 amide bonds. The van der Waals surface area contributed by atoms with Gasteiger partial charge in [0.25, 0.3) is 0 Å². The molecule has 7 heteroatoms. The molecule has 2 aromatic rings. The van der Waals surface area contributed by atoms with Crippen molar-refractivity contribution in [3.8, 4) is 10.4 Å². The Hall–Kier alpha value is -2.25. The molecular weight excluding hydrogens is 396 g/mol. The molecule has 6 nitrogen and oxygen atoms in total. The number of likely N-dealkylation sites (tertiary alicyclic amines) is 1. The van der Waals surface area contributed by atoms with Crippen LogP contribution in [0.3, 0.4) is 0 Å². The zero-order chi connectivity index (χ0) is 22.6. The lowest BCUT2D eigenvalue weighted by atomic mass is 9.92. The van der Waals surface area contributed by atoms with Crippen molar-refractivity contribution < 1.29 is 9.59 Å². The van der Waals surface area contributed by atoms with Gasteiger partial charge >= 0.3 is 0 Å². The molecule has 2 heterocycles. The number of carbonyl (C=O) groups is 2. The number of nitrogens with one attached hydrogen (secondary N) is 1. The first-order valence-electron chi connectivity index (χ1n) is 10.3. The molecule has 1 aromatic heterocycles. The average molecular weight is 433 g/mol. The molecule has 0 spiro atoms. The minimum Gasteiger partial charge on any atom is -0.355 e. The van der Waals surface area contributed by atoms with Crippen molar-refractivity contribution in [3.05, 3.63) is 41.0 Å². The number of rotatable bonds is 5. The Bertz CT molecular complexity index is 760. The summed E-state index contributed by atoms with van der Waals surface area (Å²) in [7, 11) is 1.50. The minimum absolute atomic E-state index is 0.139. The fraction of sp³-hybridized carbons (Fsp3) is 0.522. The summed E-state index contributed by atoms with van der Waals surface area (Å²) >= 11 is 1.64. The number of carbonyl (C=O) groups excluding carboxylic acids is 2. The number of hydrogen-bond acceptors (Lipinski definition) is 5. The lowest BCUT2D eigenvalue weighted by Crippen LogP contribution is -2.30. The van der Waals surface area contributed by atoms with Gasteiger partial charge in [0, 0.05) is 26.1 Å². The summed E-state index contributed by atoms with van der Waals surface area (Å²) in [5.41, 5.74) is 9.82. The maximum atomic E-state index is 11.6. The van der Waals surface area contributed by atoms with Gasteiger partial charge in [-0.1, -0.05) is 45.0 Å². The Balaban J connectivity index is 0.000000287. The Morgan fingerprint density at radius 1 is 1.20 bits per heavy atom. The Morgan fingerprint density at radius 2 is 1.80 bits per heavy atom. The van der Waals surface area contributed by atoms with Crippen LogP contribution in [0.25, 0.3) is 10.4 Å². The highest BCUT2D eigenvalue weighted by Gasteiger charge is 2.22. The zero-order valence-electron chi connectivity index (χ0n) is 18.9. The van der Waals surface area contributed by atoms with E-state index in [-0.39, 0.29) is 5.41 Å². The molecule has 0 radical (unpaired) electrons. The van der Waals surface area contributed by atoms with Gasteiger partial charge in [0.2, 0.25) is 12.3 Å². The number of aromatic nitrogens is 1. The largest absolute Gasteiger partial charge is 0.355 e. The summed E-state index contributed by atoms with van der Waals surface area (Å²) < 4.78 is 0. The SMILES string of the molecule is CC(C)(C)CC(=O)N1CCCC1.CN.Cc1ncsc1-c1ccc(CNC=O)cc1. The van der Waals surface area contributed by atoms with E-state index in [1.54, 1.807) is 11.3 Å². The van der Waals surface area contributed by atoms with Gasteiger partial charge in [-0.15, -0.1) is 11.3 Å². The average Bonchev–Trinajstić information content (AvgIpc) is 3.40. The summed E-state index contributed by atoms with van der Waals surface area (Å²) in [4.78, 5) is 29.2. The molecule has 1 aliphatic heterocycles. The molecule has 166 valence electrons. The van der Waals surface area contributed by atoms with Gasteiger partial charge in [-0.2, -0.15) is 0 Å². The van der Waals surface area contributed by atoms with Gasteiger partial charge in [-0.05, 0) is 43.4 Å².